The first-order chi connectivity index (χ1) is 11.5. The zero-order valence-electron chi connectivity index (χ0n) is 13.4. The Kier molecular flexibility index (Phi) is 5.78. The Morgan fingerprint density at radius 1 is 1.04 bits per heavy atom. The predicted molar refractivity (Wildman–Crippen MR) is 85.8 cm³/mol. The molecule has 1 N–H and O–H groups in total. The fourth-order valence-corrected chi connectivity index (χ4v) is 2.32. The number of ether oxygens (including phenoxy) is 2. The molecule has 6 heteroatoms. The summed E-state index contributed by atoms with van der Waals surface area (Å²) in [6.07, 6.45) is -0.353. The number of amides is 1. The van der Waals surface area contributed by atoms with E-state index in [0.29, 0.717) is 22.6 Å². The van der Waals surface area contributed by atoms with Crippen LogP contribution in [0.2, 0.25) is 0 Å². The summed E-state index contributed by atoms with van der Waals surface area (Å²) in [5.41, 5.74) is 1.03. The lowest BCUT2D eigenvalue weighted by molar-refractivity contribution is -0.306. The Morgan fingerprint density at radius 3 is 2.29 bits per heavy atom. The first-order valence-corrected chi connectivity index (χ1v) is 7.32. The molecule has 2 aromatic rings. The van der Waals surface area contributed by atoms with Gasteiger partial charge in [-0.05, 0) is 29.8 Å². The quantitative estimate of drug-likeness (QED) is 0.828. The highest BCUT2D eigenvalue weighted by molar-refractivity contribution is 5.94. The number of carboxylic acid groups (broad SMARTS) is 1. The van der Waals surface area contributed by atoms with Gasteiger partial charge in [-0.15, -0.1) is 0 Å². The van der Waals surface area contributed by atoms with Gasteiger partial charge in [-0.2, -0.15) is 0 Å². The number of carboxylic acids is 1. The molecular weight excluding hydrogens is 310 g/mol. The highest BCUT2D eigenvalue weighted by atomic mass is 16.5. The maximum absolute atomic E-state index is 12.3. The fourth-order valence-electron chi connectivity index (χ4n) is 2.32. The molecule has 0 fully saturated rings. The normalized spacial score (nSPS) is 11.4. The molecule has 0 saturated heterocycles. The molecule has 1 atom stereocenters. The third-order valence-electron chi connectivity index (χ3n) is 3.52. The average Bonchev–Trinajstić information content (AvgIpc) is 2.60. The van der Waals surface area contributed by atoms with E-state index in [0.717, 1.165) is 0 Å². The van der Waals surface area contributed by atoms with E-state index in [1.807, 2.05) is 0 Å². The second kappa shape index (κ2) is 8.01. The van der Waals surface area contributed by atoms with Crippen LogP contribution in [0.5, 0.6) is 11.5 Å². The van der Waals surface area contributed by atoms with Gasteiger partial charge in [0, 0.05) is 18.0 Å². The molecule has 6 nitrogen and oxygen atoms in total. The van der Waals surface area contributed by atoms with Crippen molar-refractivity contribution in [1.82, 2.24) is 5.32 Å². The Bertz CT molecular complexity index is 715. The van der Waals surface area contributed by atoms with Crippen molar-refractivity contribution in [2.75, 3.05) is 14.2 Å². The molecule has 0 saturated carbocycles. The number of carbonyl (C=O) groups is 2. The molecule has 0 aliphatic rings. The Hall–Kier alpha value is -3.02. The molecule has 0 bridgehead atoms. The van der Waals surface area contributed by atoms with Crippen LogP contribution in [0.15, 0.2) is 48.5 Å². The highest BCUT2D eigenvalue weighted by Crippen LogP contribution is 2.31. The van der Waals surface area contributed by atoms with Crippen molar-refractivity contribution in [3.63, 3.8) is 0 Å². The maximum atomic E-state index is 12.3. The van der Waals surface area contributed by atoms with E-state index in [1.165, 1.54) is 14.2 Å². The molecule has 0 heterocycles. The number of carbonyl (C=O) groups excluding carboxylic acids is 2. The summed E-state index contributed by atoms with van der Waals surface area (Å²) in [7, 11) is 2.99. The second-order valence-electron chi connectivity index (χ2n) is 5.08. The van der Waals surface area contributed by atoms with Crippen molar-refractivity contribution in [2.24, 2.45) is 0 Å². The summed E-state index contributed by atoms with van der Waals surface area (Å²) in [6, 6.07) is 12.8. The van der Waals surface area contributed by atoms with Gasteiger partial charge in [-0.1, -0.05) is 24.3 Å². The molecule has 2 rings (SSSR count). The van der Waals surface area contributed by atoms with Gasteiger partial charge in [-0.25, -0.2) is 0 Å². The van der Waals surface area contributed by atoms with Gasteiger partial charge in [0.15, 0.2) is 11.5 Å². The molecule has 0 spiro atoms. The van der Waals surface area contributed by atoms with Gasteiger partial charge >= 0.3 is 0 Å². The monoisotopic (exact) mass is 328 g/mol. The summed E-state index contributed by atoms with van der Waals surface area (Å²) in [6.45, 7) is 0. The number of rotatable bonds is 7. The van der Waals surface area contributed by atoms with E-state index in [4.69, 9.17) is 9.47 Å². The minimum absolute atomic E-state index is 0.353. The average molecular weight is 328 g/mol. The largest absolute Gasteiger partial charge is 0.550 e. The van der Waals surface area contributed by atoms with Crippen molar-refractivity contribution in [1.29, 1.82) is 0 Å². The minimum atomic E-state index is -1.26. The Balaban J connectivity index is 2.28. The van der Waals surface area contributed by atoms with Crippen LogP contribution in [-0.2, 0) is 4.79 Å². The van der Waals surface area contributed by atoms with Crippen molar-refractivity contribution >= 4 is 11.9 Å². The lowest BCUT2D eigenvalue weighted by Crippen LogP contribution is -2.34. The third-order valence-corrected chi connectivity index (χ3v) is 3.52. The lowest BCUT2D eigenvalue weighted by atomic mass is 10.0. The summed E-state index contributed by atoms with van der Waals surface area (Å²) < 4.78 is 10.4. The molecule has 24 heavy (non-hydrogen) atoms. The highest BCUT2D eigenvalue weighted by Gasteiger charge is 2.18. The Morgan fingerprint density at radius 2 is 1.71 bits per heavy atom. The van der Waals surface area contributed by atoms with E-state index >= 15 is 0 Å². The van der Waals surface area contributed by atoms with Crippen LogP contribution in [0.25, 0.3) is 0 Å². The zero-order chi connectivity index (χ0) is 17.5. The number of hydrogen-bond acceptors (Lipinski definition) is 5. The van der Waals surface area contributed by atoms with Gasteiger partial charge in [0.25, 0.3) is 5.91 Å². The number of benzene rings is 2. The van der Waals surface area contributed by atoms with E-state index in [-0.39, 0.29) is 12.3 Å². The summed E-state index contributed by atoms with van der Waals surface area (Å²) in [5.74, 6) is -0.657. The van der Waals surface area contributed by atoms with E-state index < -0.39 is 12.0 Å². The van der Waals surface area contributed by atoms with Crippen LogP contribution in [0, 0.1) is 0 Å². The van der Waals surface area contributed by atoms with Crippen LogP contribution in [0.4, 0.5) is 0 Å². The fraction of sp³-hybridized carbons (Fsp3) is 0.222. The third kappa shape index (κ3) is 4.25. The van der Waals surface area contributed by atoms with Gasteiger partial charge in [0.05, 0.1) is 20.3 Å². The number of hydrogen-bond donors (Lipinski definition) is 1. The molecule has 2 aromatic carbocycles. The predicted octanol–water partition coefficient (Wildman–Crippen LogP) is 1.31. The van der Waals surface area contributed by atoms with Crippen molar-refractivity contribution in [2.45, 2.75) is 12.5 Å². The van der Waals surface area contributed by atoms with Crippen molar-refractivity contribution in [3.8, 4) is 11.5 Å². The first kappa shape index (κ1) is 17.3. The van der Waals surface area contributed by atoms with Crippen LogP contribution >= 0.6 is 0 Å². The number of methoxy groups -OCH3 is 2. The second-order valence-corrected chi connectivity index (χ2v) is 5.08. The van der Waals surface area contributed by atoms with Gasteiger partial charge in [-0.3, -0.25) is 4.79 Å². The van der Waals surface area contributed by atoms with Crippen molar-refractivity contribution in [3.05, 3.63) is 59.7 Å². The molecule has 1 amide bonds. The SMILES string of the molecule is COc1ccc([C@@H](CC(=O)[O-])NC(=O)c2ccccc2)cc1OC. The van der Waals surface area contributed by atoms with Gasteiger partial charge in [0.1, 0.15) is 0 Å². The van der Waals surface area contributed by atoms with E-state index in [1.54, 1.807) is 48.5 Å². The molecular formula is C18H18NO5-. The molecule has 0 radical (unpaired) electrons. The molecule has 0 aliphatic heterocycles. The minimum Gasteiger partial charge on any atom is -0.550 e. The molecule has 126 valence electrons. The zero-order valence-corrected chi connectivity index (χ0v) is 13.4. The molecule has 0 aliphatic carbocycles. The van der Waals surface area contributed by atoms with Crippen LogP contribution < -0.4 is 19.9 Å². The van der Waals surface area contributed by atoms with E-state index in [2.05, 4.69) is 5.32 Å². The van der Waals surface area contributed by atoms with E-state index in [9.17, 15) is 14.7 Å². The maximum Gasteiger partial charge on any atom is 0.251 e. The smallest absolute Gasteiger partial charge is 0.251 e. The summed E-state index contributed by atoms with van der Waals surface area (Å²) >= 11 is 0. The topological polar surface area (TPSA) is 87.7 Å². The van der Waals surface area contributed by atoms with Crippen LogP contribution in [0.3, 0.4) is 0 Å². The standard InChI is InChI=1S/C18H19NO5/c1-23-15-9-8-13(10-16(15)24-2)14(11-17(20)21)19-18(22)12-6-4-3-5-7-12/h3-10,14H,11H2,1-2H3,(H,19,22)(H,20,21)/p-1/t14-/m1/s1. The van der Waals surface area contributed by atoms with Gasteiger partial charge in [0.2, 0.25) is 0 Å². The number of aliphatic carboxylic acids is 1. The van der Waals surface area contributed by atoms with Crippen molar-refractivity contribution < 1.29 is 24.2 Å². The Labute approximate surface area is 140 Å². The summed E-state index contributed by atoms with van der Waals surface area (Å²) in [5, 5.41) is 13.8. The molecule has 0 unspecified atom stereocenters. The molecule has 0 aromatic heterocycles. The number of nitrogens with one attached hydrogen (secondary N) is 1. The van der Waals surface area contributed by atoms with Crippen LogP contribution in [0.1, 0.15) is 28.4 Å². The lowest BCUT2D eigenvalue weighted by Gasteiger charge is -2.21. The first-order valence-electron chi connectivity index (χ1n) is 7.32. The summed E-state index contributed by atoms with van der Waals surface area (Å²) in [4.78, 5) is 23.4. The van der Waals surface area contributed by atoms with Crippen LogP contribution in [-0.4, -0.2) is 26.1 Å². The van der Waals surface area contributed by atoms with Gasteiger partial charge < -0.3 is 24.7 Å².